The molecule has 174 valence electrons. The highest BCUT2D eigenvalue weighted by molar-refractivity contribution is 5.44. The number of benzene rings is 2. The molecule has 1 saturated heterocycles. The molecule has 32 heavy (non-hydrogen) atoms. The number of aliphatic hydroxyl groups is 1. The maximum atomic E-state index is 10.7. The van der Waals surface area contributed by atoms with E-state index in [9.17, 15) is 5.11 Å². The SMILES string of the molecule is COc1cccc(OCCC(O)NC(Cc2ccc3c(c2)OCCO3)CN2CCCC2)c1. The predicted octanol–water partition coefficient (Wildman–Crippen LogP) is 2.85. The zero-order chi connectivity index (χ0) is 22.2. The minimum absolute atomic E-state index is 0.127. The third kappa shape index (κ3) is 6.51. The van der Waals surface area contributed by atoms with Crippen molar-refractivity contribution < 1.29 is 24.1 Å². The molecule has 7 heteroatoms. The Balaban J connectivity index is 1.32. The largest absolute Gasteiger partial charge is 0.497 e. The van der Waals surface area contributed by atoms with Crippen molar-refractivity contribution in [2.45, 2.75) is 38.0 Å². The van der Waals surface area contributed by atoms with Crippen LogP contribution in [0, 0.1) is 0 Å². The molecule has 7 nitrogen and oxygen atoms in total. The van der Waals surface area contributed by atoms with E-state index in [-0.39, 0.29) is 6.04 Å². The number of rotatable bonds is 11. The van der Waals surface area contributed by atoms with E-state index in [4.69, 9.17) is 18.9 Å². The summed E-state index contributed by atoms with van der Waals surface area (Å²) in [4.78, 5) is 2.47. The van der Waals surface area contributed by atoms with Crippen LogP contribution in [0.4, 0.5) is 0 Å². The van der Waals surface area contributed by atoms with Crippen molar-refractivity contribution in [1.29, 1.82) is 0 Å². The third-order valence-electron chi connectivity index (χ3n) is 5.90. The first-order chi connectivity index (χ1) is 15.7. The van der Waals surface area contributed by atoms with E-state index in [0.717, 1.165) is 49.1 Å². The molecule has 2 heterocycles. The first-order valence-corrected chi connectivity index (χ1v) is 11.5. The summed E-state index contributed by atoms with van der Waals surface area (Å²) in [5.41, 5.74) is 1.17. The standard InChI is InChI=1S/C25H34N2O5/c1-29-21-5-4-6-22(17-21)30-12-9-25(28)26-20(18-27-10-2-3-11-27)15-19-7-8-23-24(16-19)32-14-13-31-23/h4-8,16-17,20,25-26,28H,2-3,9-15,18H2,1H3. The second kappa shape index (κ2) is 11.4. The number of nitrogens with zero attached hydrogens (tertiary/aromatic N) is 1. The van der Waals surface area contributed by atoms with Gasteiger partial charge in [0.15, 0.2) is 11.5 Å². The second-order valence-corrected chi connectivity index (χ2v) is 8.39. The molecule has 2 aromatic rings. The Morgan fingerprint density at radius 3 is 2.62 bits per heavy atom. The highest BCUT2D eigenvalue weighted by atomic mass is 16.6. The van der Waals surface area contributed by atoms with Gasteiger partial charge >= 0.3 is 0 Å². The summed E-state index contributed by atoms with van der Waals surface area (Å²) in [5, 5.41) is 14.1. The summed E-state index contributed by atoms with van der Waals surface area (Å²) >= 11 is 0. The van der Waals surface area contributed by atoms with Crippen LogP contribution in [-0.2, 0) is 6.42 Å². The van der Waals surface area contributed by atoms with Crippen molar-refractivity contribution >= 4 is 0 Å². The zero-order valence-electron chi connectivity index (χ0n) is 18.8. The van der Waals surface area contributed by atoms with Gasteiger partial charge in [-0.05, 0) is 62.2 Å². The van der Waals surface area contributed by atoms with E-state index in [1.807, 2.05) is 30.3 Å². The van der Waals surface area contributed by atoms with Crippen molar-refractivity contribution in [1.82, 2.24) is 10.2 Å². The molecule has 2 atom stereocenters. The molecular weight excluding hydrogens is 408 g/mol. The van der Waals surface area contributed by atoms with Gasteiger partial charge in [-0.3, -0.25) is 5.32 Å². The number of aliphatic hydroxyl groups excluding tert-OH is 1. The molecule has 0 saturated carbocycles. The number of ether oxygens (including phenoxy) is 4. The van der Waals surface area contributed by atoms with Crippen molar-refractivity contribution in [2.75, 3.05) is 46.6 Å². The van der Waals surface area contributed by atoms with Gasteiger partial charge in [-0.2, -0.15) is 0 Å². The van der Waals surface area contributed by atoms with Crippen molar-refractivity contribution in [3.8, 4) is 23.0 Å². The fourth-order valence-electron chi connectivity index (χ4n) is 4.29. The van der Waals surface area contributed by atoms with E-state index >= 15 is 0 Å². The van der Waals surface area contributed by atoms with Crippen molar-refractivity contribution in [2.24, 2.45) is 0 Å². The smallest absolute Gasteiger partial charge is 0.161 e. The molecule has 0 amide bonds. The van der Waals surface area contributed by atoms with E-state index in [1.165, 1.54) is 18.4 Å². The molecule has 0 radical (unpaired) electrons. The second-order valence-electron chi connectivity index (χ2n) is 8.39. The number of nitrogens with one attached hydrogen (secondary N) is 1. The summed E-state index contributed by atoms with van der Waals surface area (Å²) in [7, 11) is 1.63. The van der Waals surface area contributed by atoms with E-state index in [1.54, 1.807) is 7.11 Å². The molecule has 2 unspecified atom stereocenters. The molecule has 2 aliphatic rings. The topological polar surface area (TPSA) is 72.4 Å². The monoisotopic (exact) mass is 442 g/mol. The summed E-state index contributed by atoms with van der Waals surface area (Å²) in [5.74, 6) is 3.10. The molecule has 1 fully saturated rings. The van der Waals surface area contributed by atoms with Gasteiger partial charge in [0.25, 0.3) is 0 Å². The van der Waals surface area contributed by atoms with Crippen LogP contribution in [0.2, 0.25) is 0 Å². The maximum Gasteiger partial charge on any atom is 0.161 e. The van der Waals surface area contributed by atoms with Crippen LogP contribution in [0.5, 0.6) is 23.0 Å². The minimum atomic E-state index is -0.648. The highest BCUT2D eigenvalue weighted by Crippen LogP contribution is 2.31. The van der Waals surface area contributed by atoms with E-state index in [0.29, 0.717) is 26.2 Å². The Hall–Kier alpha value is -2.48. The van der Waals surface area contributed by atoms with Crippen LogP contribution < -0.4 is 24.3 Å². The number of hydrogen-bond acceptors (Lipinski definition) is 7. The number of hydrogen-bond donors (Lipinski definition) is 2. The Bertz CT molecular complexity index is 856. The van der Waals surface area contributed by atoms with Crippen LogP contribution in [0.25, 0.3) is 0 Å². The Morgan fingerprint density at radius 1 is 1.03 bits per heavy atom. The van der Waals surface area contributed by atoms with Gasteiger partial charge < -0.3 is 29.0 Å². The summed E-state index contributed by atoms with van der Waals surface area (Å²) in [6.45, 7) is 4.74. The molecule has 2 aromatic carbocycles. The Labute approximate surface area is 190 Å². The van der Waals surface area contributed by atoms with Crippen molar-refractivity contribution in [3.05, 3.63) is 48.0 Å². The Kier molecular flexibility index (Phi) is 8.09. The van der Waals surface area contributed by atoms with Crippen LogP contribution in [-0.4, -0.2) is 68.8 Å². The van der Waals surface area contributed by atoms with Gasteiger partial charge in [0.2, 0.25) is 0 Å². The number of methoxy groups -OCH3 is 1. The minimum Gasteiger partial charge on any atom is -0.497 e. The van der Waals surface area contributed by atoms with Gasteiger partial charge in [-0.1, -0.05) is 12.1 Å². The van der Waals surface area contributed by atoms with Gasteiger partial charge in [-0.15, -0.1) is 0 Å². The average molecular weight is 443 g/mol. The fraction of sp³-hybridized carbons (Fsp3) is 0.520. The molecule has 0 spiro atoms. The lowest BCUT2D eigenvalue weighted by Crippen LogP contribution is -2.46. The van der Waals surface area contributed by atoms with Crippen LogP contribution in [0.15, 0.2) is 42.5 Å². The molecule has 0 bridgehead atoms. The summed E-state index contributed by atoms with van der Waals surface area (Å²) in [6.07, 6.45) is 3.14. The molecule has 2 N–H and O–H groups in total. The van der Waals surface area contributed by atoms with Crippen LogP contribution >= 0.6 is 0 Å². The normalized spacial score (nSPS) is 17.7. The first kappa shape index (κ1) is 22.7. The van der Waals surface area contributed by atoms with Gasteiger partial charge in [0.1, 0.15) is 30.9 Å². The zero-order valence-corrected chi connectivity index (χ0v) is 18.8. The lowest BCUT2D eigenvalue weighted by molar-refractivity contribution is 0.0882. The molecule has 0 aromatic heterocycles. The van der Waals surface area contributed by atoms with Gasteiger partial charge in [-0.25, -0.2) is 0 Å². The Morgan fingerprint density at radius 2 is 1.81 bits per heavy atom. The summed E-state index contributed by atoms with van der Waals surface area (Å²) in [6, 6.07) is 13.8. The molecule has 0 aliphatic carbocycles. The molecule has 2 aliphatic heterocycles. The van der Waals surface area contributed by atoms with Crippen LogP contribution in [0.1, 0.15) is 24.8 Å². The average Bonchev–Trinajstić information content (AvgIpc) is 3.32. The van der Waals surface area contributed by atoms with Crippen molar-refractivity contribution in [3.63, 3.8) is 0 Å². The van der Waals surface area contributed by atoms with Gasteiger partial charge in [0.05, 0.1) is 13.7 Å². The van der Waals surface area contributed by atoms with Gasteiger partial charge in [0, 0.05) is 25.1 Å². The number of fused-ring (bicyclic) bond motifs is 1. The van der Waals surface area contributed by atoms with E-state index < -0.39 is 6.23 Å². The summed E-state index contributed by atoms with van der Waals surface area (Å²) < 4.78 is 22.4. The lowest BCUT2D eigenvalue weighted by atomic mass is 10.0. The highest BCUT2D eigenvalue weighted by Gasteiger charge is 2.21. The maximum absolute atomic E-state index is 10.7. The molecule has 4 rings (SSSR count). The molecular formula is C25H34N2O5. The fourth-order valence-corrected chi connectivity index (χ4v) is 4.29. The van der Waals surface area contributed by atoms with Crippen LogP contribution in [0.3, 0.4) is 0 Å². The first-order valence-electron chi connectivity index (χ1n) is 11.5. The quantitative estimate of drug-likeness (QED) is 0.519. The predicted molar refractivity (Wildman–Crippen MR) is 123 cm³/mol. The van der Waals surface area contributed by atoms with E-state index in [2.05, 4.69) is 22.3 Å². The number of likely N-dealkylation sites (tertiary alicyclic amines) is 1. The lowest BCUT2D eigenvalue weighted by Gasteiger charge is -2.27. The third-order valence-corrected chi connectivity index (χ3v) is 5.90.